The zero-order valence-electron chi connectivity index (χ0n) is 34.7. The van der Waals surface area contributed by atoms with Gasteiger partial charge in [0.15, 0.2) is 5.82 Å². The highest BCUT2D eigenvalue weighted by molar-refractivity contribution is 6.12. The van der Waals surface area contributed by atoms with Crippen LogP contribution in [-0.4, -0.2) is 19.1 Å². The van der Waals surface area contributed by atoms with E-state index in [-0.39, 0.29) is 0 Å². The van der Waals surface area contributed by atoms with Gasteiger partial charge in [0.2, 0.25) is 0 Å². The molecule has 0 aliphatic carbocycles. The van der Waals surface area contributed by atoms with Crippen molar-refractivity contribution in [1.82, 2.24) is 19.1 Å². The van der Waals surface area contributed by atoms with Crippen LogP contribution >= 0.6 is 0 Å². The second kappa shape index (κ2) is 15.0. The van der Waals surface area contributed by atoms with Crippen molar-refractivity contribution in [2.24, 2.45) is 0 Å². The minimum absolute atomic E-state index is 0.718. The van der Waals surface area contributed by atoms with Crippen molar-refractivity contribution in [3.63, 3.8) is 0 Å². The molecule has 4 nitrogen and oxygen atoms in total. The summed E-state index contributed by atoms with van der Waals surface area (Å²) in [6, 6.07) is 80.2. The molecule has 0 aliphatic heterocycles. The molecule has 296 valence electrons. The monoisotopic (exact) mass is 804 g/mol. The van der Waals surface area contributed by atoms with E-state index in [9.17, 15) is 0 Å². The lowest BCUT2D eigenvalue weighted by Gasteiger charge is -2.14. The molecule has 0 atom stereocenters. The Labute approximate surface area is 365 Å². The Morgan fingerprint density at radius 2 is 0.730 bits per heavy atom. The van der Waals surface area contributed by atoms with Gasteiger partial charge in [-0.3, -0.25) is 0 Å². The number of fused-ring (bicyclic) bond motifs is 6. The van der Waals surface area contributed by atoms with Gasteiger partial charge in [-0.05, 0) is 89.3 Å². The molecule has 0 saturated heterocycles. The van der Waals surface area contributed by atoms with Crippen molar-refractivity contribution in [3.8, 4) is 67.5 Å². The Morgan fingerprint density at radius 3 is 1.30 bits per heavy atom. The largest absolute Gasteiger partial charge is 0.309 e. The molecule has 0 aliphatic rings. The number of benzene rings is 9. The first-order valence-electron chi connectivity index (χ1n) is 21.5. The third-order valence-corrected chi connectivity index (χ3v) is 12.5. The van der Waals surface area contributed by atoms with Gasteiger partial charge in [-0.15, -0.1) is 0 Å². The van der Waals surface area contributed by atoms with Crippen LogP contribution in [-0.2, 0) is 0 Å². The van der Waals surface area contributed by atoms with E-state index in [4.69, 9.17) is 9.97 Å². The van der Waals surface area contributed by atoms with Gasteiger partial charge in [0, 0.05) is 49.6 Å². The van der Waals surface area contributed by atoms with Crippen molar-refractivity contribution in [1.29, 1.82) is 0 Å². The number of hydrogen-bond donors (Lipinski definition) is 0. The Kier molecular flexibility index (Phi) is 8.68. The lowest BCUT2D eigenvalue weighted by molar-refractivity contribution is 1.14. The fourth-order valence-corrected chi connectivity index (χ4v) is 9.40. The van der Waals surface area contributed by atoms with Gasteiger partial charge in [0.25, 0.3) is 0 Å². The van der Waals surface area contributed by atoms with Gasteiger partial charge in [-0.1, -0.05) is 170 Å². The fraction of sp³-hybridized carbons (Fsp3) is 0.0169. The van der Waals surface area contributed by atoms with Crippen LogP contribution in [0.15, 0.2) is 224 Å². The first-order chi connectivity index (χ1) is 31.1. The smallest absolute Gasteiger partial charge is 0.160 e. The maximum absolute atomic E-state index is 5.02. The van der Waals surface area contributed by atoms with Crippen molar-refractivity contribution < 1.29 is 0 Å². The van der Waals surface area contributed by atoms with Crippen molar-refractivity contribution in [3.05, 3.63) is 230 Å². The summed E-state index contributed by atoms with van der Waals surface area (Å²) in [6.07, 6.45) is 0. The summed E-state index contributed by atoms with van der Waals surface area (Å²) >= 11 is 0. The highest BCUT2D eigenvalue weighted by Gasteiger charge is 2.18. The van der Waals surface area contributed by atoms with Gasteiger partial charge in [-0.2, -0.15) is 0 Å². The highest BCUT2D eigenvalue weighted by atomic mass is 15.0. The first kappa shape index (κ1) is 36.5. The van der Waals surface area contributed by atoms with E-state index in [1.165, 1.54) is 71.6 Å². The standard InChI is InChI=1S/C59H40N4/c1-39-36-46(42-26-24-40(25-27-42)41-28-30-44(31-29-41)53-38-52(43-14-4-2-5-15-43)60-59(61-53)45-16-6-3-7-17-45)32-34-54(39)63-57-23-13-10-20-50(57)51-37-47(33-35-58(51)63)62-55-21-11-8-18-48(55)49-19-9-12-22-56(49)62/h2-38H,1H3. The average molecular weight is 805 g/mol. The van der Waals surface area contributed by atoms with Gasteiger partial charge in [-0.25, -0.2) is 9.97 Å². The number of hydrogen-bond acceptors (Lipinski definition) is 2. The Balaban J connectivity index is 0.852. The van der Waals surface area contributed by atoms with Gasteiger partial charge in [0.05, 0.1) is 33.5 Å². The minimum Gasteiger partial charge on any atom is -0.309 e. The van der Waals surface area contributed by atoms with E-state index >= 15 is 0 Å². The van der Waals surface area contributed by atoms with Crippen LogP contribution < -0.4 is 0 Å². The zero-order valence-corrected chi connectivity index (χ0v) is 34.7. The van der Waals surface area contributed by atoms with Crippen LogP contribution in [0.5, 0.6) is 0 Å². The van der Waals surface area contributed by atoms with Gasteiger partial charge in [0.1, 0.15) is 0 Å². The van der Waals surface area contributed by atoms with Crippen LogP contribution in [0.2, 0.25) is 0 Å². The predicted molar refractivity (Wildman–Crippen MR) is 263 cm³/mol. The first-order valence-corrected chi connectivity index (χ1v) is 21.5. The van der Waals surface area contributed by atoms with E-state index in [1.807, 2.05) is 36.4 Å². The molecule has 0 spiro atoms. The molecule has 0 N–H and O–H groups in total. The summed E-state index contributed by atoms with van der Waals surface area (Å²) in [5, 5.41) is 5.02. The van der Waals surface area contributed by atoms with Crippen LogP contribution in [0.3, 0.4) is 0 Å². The number of rotatable bonds is 7. The second-order valence-electron chi connectivity index (χ2n) is 16.3. The molecule has 12 aromatic rings. The topological polar surface area (TPSA) is 35.6 Å². The normalized spacial score (nSPS) is 11.6. The molecule has 3 heterocycles. The maximum Gasteiger partial charge on any atom is 0.160 e. The lowest BCUT2D eigenvalue weighted by atomic mass is 9.97. The molecular weight excluding hydrogens is 765 g/mol. The molecule has 0 bridgehead atoms. The van der Waals surface area contributed by atoms with E-state index in [0.717, 1.165) is 45.2 Å². The summed E-state index contributed by atoms with van der Waals surface area (Å²) in [4.78, 5) is 9.98. The Hall–Kier alpha value is -8.34. The minimum atomic E-state index is 0.718. The molecular formula is C59H40N4. The van der Waals surface area contributed by atoms with Crippen molar-refractivity contribution in [2.45, 2.75) is 6.92 Å². The molecule has 0 unspecified atom stereocenters. The van der Waals surface area contributed by atoms with Crippen LogP contribution in [0.25, 0.3) is 111 Å². The average Bonchev–Trinajstić information content (AvgIpc) is 3.87. The molecule has 0 fully saturated rings. The number of aromatic nitrogens is 4. The number of nitrogens with zero attached hydrogens (tertiary/aromatic N) is 4. The third-order valence-electron chi connectivity index (χ3n) is 12.5. The summed E-state index contributed by atoms with van der Waals surface area (Å²) in [7, 11) is 0. The second-order valence-corrected chi connectivity index (χ2v) is 16.3. The highest BCUT2D eigenvalue weighted by Crippen LogP contribution is 2.38. The van der Waals surface area contributed by atoms with E-state index in [0.29, 0.717) is 0 Å². The fourth-order valence-electron chi connectivity index (χ4n) is 9.40. The molecule has 9 aromatic carbocycles. The van der Waals surface area contributed by atoms with Crippen molar-refractivity contribution in [2.75, 3.05) is 0 Å². The molecule has 0 amide bonds. The molecule has 0 radical (unpaired) electrons. The number of aryl methyl sites for hydroxylation is 1. The van der Waals surface area contributed by atoms with E-state index < -0.39 is 0 Å². The zero-order chi connectivity index (χ0) is 41.9. The SMILES string of the molecule is Cc1cc(-c2ccc(-c3ccc(-c4cc(-c5ccccc5)nc(-c5ccccc5)n4)cc3)cc2)ccc1-n1c2ccccc2c2cc(-n3c4ccccc4c4ccccc43)ccc21. The van der Waals surface area contributed by atoms with E-state index in [1.54, 1.807) is 0 Å². The summed E-state index contributed by atoms with van der Waals surface area (Å²) < 4.78 is 4.83. The van der Waals surface area contributed by atoms with Crippen LogP contribution in [0.1, 0.15) is 5.56 Å². The molecule has 12 rings (SSSR count). The van der Waals surface area contributed by atoms with Gasteiger partial charge >= 0.3 is 0 Å². The summed E-state index contributed by atoms with van der Waals surface area (Å²) in [5.74, 6) is 0.718. The predicted octanol–water partition coefficient (Wildman–Crippen LogP) is 15.3. The third kappa shape index (κ3) is 6.31. The molecule has 4 heteroatoms. The van der Waals surface area contributed by atoms with Crippen LogP contribution in [0, 0.1) is 6.92 Å². The number of para-hydroxylation sites is 3. The lowest BCUT2D eigenvalue weighted by Crippen LogP contribution is -1.98. The Bertz CT molecular complexity index is 3540. The molecule has 63 heavy (non-hydrogen) atoms. The maximum atomic E-state index is 5.02. The summed E-state index contributed by atoms with van der Waals surface area (Å²) in [5.41, 5.74) is 18.0. The van der Waals surface area contributed by atoms with Gasteiger partial charge < -0.3 is 9.13 Å². The van der Waals surface area contributed by atoms with Crippen LogP contribution in [0.4, 0.5) is 0 Å². The van der Waals surface area contributed by atoms with Crippen molar-refractivity contribution >= 4 is 43.6 Å². The molecule has 0 saturated carbocycles. The summed E-state index contributed by atoms with van der Waals surface area (Å²) in [6.45, 7) is 2.23. The van der Waals surface area contributed by atoms with E-state index in [2.05, 4.69) is 204 Å². The quantitative estimate of drug-likeness (QED) is 0.161. The Morgan fingerprint density at radius 1 is 0.302 bits per heavy atom. The molecule has 3 aromatic heterocycles.